The van der Waals surface area contributed by atoms with Crippen molar-refractivity contribution in [3.63, 3.8) is 0 Å². The Kier molecular flexibility index (Phi) is 5.50. The maximum atomic E-state index is 12.9. The average molecular weight is 419 g/mol. The number of carbonyl (C=O) groups excluding carboxylic acids is 3. The lowest BCUT2D eigenvalue weighted by Crippen LogP contribution is -2.49. The van der Waals surface area contributed by atoms with Crippen molar-refractivity contribution in [1.82, 2.24) is 10.2 Å². The zero-order chi connectivity index (χ0) is 22.1. The Morgan fingerprint density at radius 2 is 1.90 bits per heavy atom. The van der Waals surface area contributed by atoms with Gasteiger partial charge in [-0.05, 0) is 49.1 Å². The van der Waals surface area contributed by atoms with Crippen LogP contribution in [0.1, 0.15) is 35.2 Å². The number of carbonyl (C=O) groups is 3. The molecule has 1 atom stereocenters. The van der Waals surface area contributed by atoms with Crippen molar-refractivity contribution in [2.75, 3.05) is 18.5 Å². The second-order valence-electron chi connectivity index (χ2n) is 7.86. The third kappa shape index (κ3) is 4.03. The zero-order valence-electron chi connectivity index (χ0n) is 17.8. The molecule has 2 aromatic carbocycles. The van der Waals surface area contributed by atoms with Crippen LogP contribution in [0.4, 0.5) is 10.5 Å². The van der Waals surface area contributed by atoms with Crippen LogP contribution in [0.5, 0.6) is 0 Å². The minimum atomic E-state index is -0.599. The molecular weight excluding hydrogens is 394 g/mol. The summed E-state index contributed by atoms with van der Waals surface area (Å²) in [5.74, 6) is -0.822. The van der Waals surface area contributed by atoms with E-state index < -0.39 is 18.0 Å². The SMILES string of the molecule is CCc1ccc(NC(=O)CN2C(=O)NC(c3cc(C)ccc3C)C3=C2COC3=O)cc1. The van der Waals surface area contributed by atoms with E-state index in [4.69, 9.17) is 4.74 Å². The maximum Gasteiger partial charge on any atom is 0.338 e. The van der Waals surface area contributed by atoms with Gasteiger partial charge in [-0.1, -0.05) is 42.8 Å². The van der Waals surface area contributed by atoms with E-state index in [1.165, 1.54) is 10.5 Å². The summed E-state index contributed by atoms with van der Waals surface area (Å²) in [6.07, 6.45) is 0.911. The van der Waals surface area contributed by atoms with E-state index in [-0.39, 0.29) is 19.1 Å². The molecule has 4 rings (SSSR count). The maximum absolute atomic E-state index is 12.9. The number of anilines is 1. The number of hydrogen-bond donors (Lipinski definition) is 2. The van der Waals surface area contributed by atoms with Gasteiger partial charge in [0.15, 0.2) is 0 Å². The number of amides is 3. The topological polar surface area (TPSA) is 87.7 Å². The van der Waals surface area contributed by atoms with Crippen molar-refractivity contribution in [2.24, 2.45) is 0 Å². The first-order valence-corrected chi connectivity index (χ1v) is 10.3. The molecule has 2 aliphatic heterocycles. The van der Waals surface area contributed by atoms with Gasteiger partial charge >= 0.3 is 12.0 Å². The normalized spacial score (nSPS) is 17.9. The largest absolute Gasteiger partial charge is 0.456 e. The van der Waals surface area contributed by atoms with Gasteiger partial charge in [-0.2, -0.15) is 0 Å². The highest BCUT2D eigenvalue weighted by Crippen LogP contribution is 2.36. The van der Waals surface area contributed by atoms with Gasteiger partial charge in [0.2, 0.25) is 5.91 Å². The van der Waals surface area contributed by atoms with E-state index in [1.54, 1.807) is 0 Å². The average Bonchev–Trinajstić information content (AvgIpc) is 3.14. The van der Waals surface area contributed by atoms with Crippen molar-refractivity contribution in [1.29, 1.82) is 0 Å². The number of nitrogens with zero attached hydrogens (tertiary/aromatic N) is 1. The summed E-state index contributed by atoms with van der Waals surface area (Å²) in [5, 5.41) is 5.69. The van der Waals surface area contributed by atoms with Crippen LogP contribution >= 0.6 is 0 Å². The molecule has 2 aliphatic rings. The molecule has 2 heterocycles. The molecule has 3 amide bonds. The van der Waals surface area contributed by atoms with Crippen LogP contribution in [-0.2, 0) is 20.7 Å². The van der Waals surface area contributed by atoms with Crippen LogP contribution in [0.2, 0.25) is 0 Å². The van der Waals surface area contributed by atoms with Crippen LogP contribution in [0, 0.1) is 13.8 Å². The van der Waals surface area contributed by atoms with Crippen molar-refractivity contribution >= 4 is 23.6 Å². The number of benzene rings is 2. The first kappa shape index (κ1) is 20.7. The summed E-state index contributed by atoms with van der Waals surface area (Å²) < 4.78 is 5.25. The number of esters is 1. The van der Waals surface area contributed by atoms with Crippen molar-refractivity contribution in [3.8, 4) is 0 Å². The van der Waals surface area contributed by atoms with Crippen LogP contribution < -0.4 is 10.6 Å². The first-order chi connectivity index (χ1) is 14.9. The van der Waals surface area contributed by atoms with E-state index in [9.17, 15) is 14.4 Å². The Hall–Kier alpha value is -3.61. The number of cyclic esters (lactones) is 1. The first-order valence-electron chi connectivity index (χ1n) is 10.3. The molecule has 31 heavy (non-hydrogen) atoms. The predicted octanol–water partition coefficient (Wildman–Crippen LogP) is 3.38. The summed E-state index contributed by atoms with van der Waals surface area (Å²) in [5.41, 5.74) is 5.48. The number of rotatable bonds is 5. The Balaban J connectivity index is 1.59. The Morgan fingerprint density at radius 3 is 2.61 bits per heavy atom. The molecule has 0 spiro atoms. The van der Waals surface area contributed by atoms with E-state index >= 15 is 0 Å². The predicted molar refractivity (Wildman–Crippen MR) is 116 cm³/mol. The van der Waals surface area contributed by atoms with Gasteiger partial charge in [-0.25, -0.2) is 9.59 Å². The van der Waals surface area contributed by atoms with Gasteiger partial charge in [0.05, 0.1) is 17.3 Å². The zero-order valence-corrected chi connectivity index (χ0v) is 17.8. The Labute approximate surface area is 181 Å². The van der Waals surface area contributed by atoms with Gasteiger partial charge in [-0.3, -0.25) is 9.69 Å². The molecular formula is C24H25N3O4. The van der Waals surface area contributed by atoms with Crippen LogP contribution in [0.25, 0.3) is 0 Å². The smallest absolute Gasteiger partial charge is 0.338 e. The number of hydrogen-bond acceptors (Lipinski definition) is 4. The molecule has 0 bridgehead atoms. The van der Waals surface area contributed by atoms with Gasteiger partial charge in [0, 0.05) is 5.69 Å². The van der Waals surface area contributed by atoms with Gasteiger partial charge in [0.25, 0.3) is 0 Å². The van der Waals surface area contributed by atoms with Gasteiger partial charge in [0.1, 0.15) is 13.2 Å². The molecule has 7 nitrogen and oxygen atoms in total. The quantitative estimate of drug-likeness (QED) is 0.728. The highest BCUT2D eigenvalue weighted by Gasteiger charge is 2.43. The molecule has 0 saturated heterocycles. The minimum Gasteiger partial charge on any atom is -0.456 e. The Morgan fingerprint density at radius 1 is 1.16 bits per heavy atom. The molecule has 0 aromatic heterocycles. The molecule has 0 fully saturated rings. The van der Waals surface area contributed by atoms with E-state index in [0.717, 1.165) is 23.1 Å². The standard InChI is InChI=1S/C24H25N3O4/c1-4-16-7-9-17(10-8-16)25-20(28)12-27-19-13-31-23(29)21(19)22(26-24(27)30)18-11-14(2)5-6-15(18)3/h5-11,22H,4,12-13H2,1-3H3,(H,25,28)(H,26,30). The summed E-state index contributed by atoms with van der Waals surface area (Å²) in [6.45, 7) is 5.72. The van der Waals surface area contributed by atoms with Crippen LogP contribution in [-0.4, -0.2) is 36.0 Å². The molecule has 2 N–H and O–H groups in total. The molecule has 1 unspecified atom stereocenters. The van der Waals surface area contributed by atoms with Crippen LogP contribution in [0.15, 0.2) is 53.7 Å². The molecule has 160 valence electrons. The number of urea groups is 1. The highest BCUT2D eigenvalue weighted by atomic mass is 16.5. The monoisotopic (exact) mass is 419 g/mol. The van der Waals surface area contributed by atoms with Crippen LogP contribution in [0.3, 0.4) is 0 Å². The highest BCUT2D eigenvalue weighted by molar-refractivity contribution is 6.00. The molecule has 0 saturated carbocycles. The fourth-order valence-corrected chi connectivity index (χ4v) is 3.95. The molecule has 7 heteroatoms. The summed E-state index contributed by atoms with van der Waals surface area (Å²) in [4.78, 5) is 39.4. The summed E-state index contributed by atoms with van der Waals surface area (Å²) >= 11 is 0. The fourth-order valence-electron chi connectivity index (χ4n) is 3.95. The lowest BCUT2D eigenvalue weighted by atomic mass is 9.91. The Bertz CT molecular complexity index is 1090. The third-order valence-corrected chi connectivity index (χ3v) is 5.69. The second kappa shape index (κ2) is 8.26. The van der Waals surface area contributed by atoms with Crippen molar-refractivity contribution in [3.05, 3.63) is 76.0 Å². The lowest BCUT2D eigenvalue weighted by Gasteiger charge is -2.33. The number of ether oxygens (including phenoxy) is 1. The number of aryl methyl sites for hydroxylation is 3. The van der Waals surface area contributed by atoms with Gasteiger partial charge in [-0.15, -0.1) is 0 Å². The second-order valence-corrected chi connectivity index (χ2v) is 7.86. The lowest BCUT2D eigenvalue weighted by molar-refractivity contribution is -0.136. The molecule has 0 radical (unpaired) electrons. The third-order valence-electron chi connectivity index (χ3n) is 5.69. The number of nitrogens with one attached hydrogen (secondary N) is 2. The van der Waals surface area contributed by atoms with Crippen molar-refractivity contribution < 1.29 is 19.1 Å². The molecule has 2 aromatic rings. The summed E-state index contributed by atoms with van der Waals surface area (Å²) in [7, 11) is 0. The fraction of sp³-hybridized carbons (Fsp3) is 0.292. The van der Waals surface area contributed by atoms with E-state index in [0.29, 0.717) is 17.0 Å². The summed E-state index contributed by atoms with van der Waals surface area (Å²) in [6, 6.07) is 12.4. The van der Waals surface area contributed by atoms with Crippen molar-refractivity contribution in [2.45, 2.75) is 33.2 Å². The van der Waals surface area contributed by atoms with E-state index in [2.05, 4.69) is 17.6 Å². The van der Waals surface area contributed by atoms with Gasteiger partial charge < -0.3 is 15.4 Å². The van der Waals surface area contributed by atoms with E-state index in [1.807, 2.05) is 56.3 Å². The minimum absolute atomic E-state index is 0.0264. The molecule has 0 aliphatic carbocycles.